The molecule has 5 heteroatoms. The Hall–Kier alpha value is -1.12. The summed E-state index contributed by atoms with van der Waals surface area (Å²) < 4.78 is 5.29. The van der Waals surface area contributed by atoms with E-state index in [4.69, 9.17) is 10.00 Å². The lowest BCUT2D eigenvalue weighted by Crippen LogP contribution is -2.41. The fraction of sp³-hybridized carbons (Fsp3) is 0.818. The molecule has 1 heterocycles. The maximum absolute atomic E-state index is 11.3. The van der Waals surface area contributed by atoms with Crippen LogP contribution in [0.15, 0.2) is 0 Å². The van der Waals surface area contributed by atoms with Gasteiger partial charge < -0.3 is 15.4 Å². The normalized spacial score (nSPS) is 21.4. The third-order valence-corrected chi connectivity index (χ3v) is 2.82. The number of nitriles is 1. The van der Waals surface area contributed by atoms with Crippen molar-refractivity contribution in [2.45, 2.75) is 25.8 Å². The van der Waals surface area contributed by atoms with Gasteiger partial charge in [0.1, 0.15) is 0 Å². The number of carbonyl (C=O) groups is 1. The van der Waals surface area contributed by atoms with Crippen LogP contribution in [0.1, 0.15) is 19.8 Å². The maximum atomic E-state index is 11.3. The van der Waals surface area contributed by atoms with Crippen LogP contribution < -0.4 is 10.6 Å². The van der Waals surface area contributed by atoms with Crippen LogP contribution in [0.4, 0.5) is 0 Å². The van der Waals surface area contributed by atoms with Gasteiger partial charge in [-0.25, -0.2) is 0 Å². The van der Waals surface area contributed by atoms with Gasteiger partial charge in [0.2, 0.25) is 5.91 Å². The van der Waals surface area contributed by atoms with E-state index in [0.717, 1.165) is 19.6 Å². The Morgan fingerprint density at radius 1 is 1.69 bits per heavy atom. The van der Waals surface area contributed by atoms with Crippen molar-refractivity contribution in [3.63, 3.8) is 0 Å². The SMILES string of the molecule is CC(NCC(=O)NCCC#N)C1CCOC1. The first-order chi connectivity index (χ1) is 7.74. The minimum absolute atomic E-state index is 0.0546. The van der Waals surface area contributed by atoms with E-state index in [2.05, 4.69) is 17.6 Å². The number of amides is 1. The molecule has 1 rings (SSSR count). The van der Waals surface area contributed by atoms with Crippen LogP contribution in [0, 0.1) is 17.2 Å². The Morgan fingerprint density at radius 2 is 2.50 bits per heavy atom. The van der Waals surface area contributed by atoms with Gasteiger partial charge in [-0.1, -0.05) is 0 Å². The van der Waals surface area contributed by atoms with Crippen LogP contribution in [0.5, 0.6) is 0 Å². The lowest BCUT2D eigenvalue weighted by atomic mass is 10.0. The molecular weight excluding hydrogens is 206 g/mol. The molecule has 1 amide bonds. The number of rotatable bonds is 6. The standard InChI is InChI=1S/C11H19N3O2/c1-9(10-3-6-16-8-10)14-7-11(15)13-5-2-4-12/h9-10,14H,2-3,5-8H2,1H3,(H,13,15). The van der Waals surface area contributed by atoms with Gasteiger partial charge in [0.15, 0.2) is 0 Å². The minimum Gasteiger partial charge on any atom is -0.381 e. The largest absolute Gasteiger partial charge is 0.381 e. The number of ether oxygens (including phenoxy) is 1. The average molecular weight is 225 g/mol. The molecule has 2 unspecified atom stereocenters. The quantitative estimate of drug-likeness (QED) is 0.625. The second-order valence-corrected chi connectivity index (χ2v) is 4.05. The lowest BCUT2D eigenvalue weighted by molar-refractivity contribution is -0.120. The fourth-order valence-corrected chi connectivity index (χ4v) is 1.69. The van der Waals surface area contributed by atoms with Crippen LogP contribution in [0.3, 0.4) is 0 Å². The van der Waals surface area contributed by atoms with E-state index in [-0.39, 0.29) is 5.91 Å². The van der Waals surface area contributed by atoms with E-state index < -0.39 is 0 Å². The highest BCUT2D eigenvalue weighted by Gasteiger charge is 2.22. The first-order valence-electron chi connectivity index (χ1n) is 5.69. The van der Waals surface area contributed by atoms with Crippen molar-refractivity contribution in [3.8, 4) is 6.07 Å². The summed E-state index contributed by atoms with van der Waals surface area (Å²) in [7, 11) is 0. The summed E-state index contributed by atoms with van der Waals surface area (Å²) in [5, 5.41) is 14.2. The van der Waals surface area contributed by atoms with E-state index in [1.54, 1.807) is 0 Å². The van der Waals surface area contributed by atoms with Crippen molar-refractivity contribution in [1.29, 1.82) is 5.26 Å². The van der Waals surface area contributed by atoms with Gasteiger partial charge in [0, 0.05) is 19.2 Å². The zero-order valence-electron chi connectivity index (χ0n) is 9.66. The number of nitrogens with zero attached hydrogens (tertiary/aromatic N) is 1. The maximum Gasteiger partial charge on any atom is 0.233 e. The first-order valence-corrected chi connectivity index (χ1v) is 5.69. The van der Waals surface area contributed by atoms with Crippen LogP contribution in [-0.4, -0.2) is 38.3 Å². The Labute approximate surface area is 96.2 Å². The summed E-state index contributed by atoms with van der Waals surface area (Å²) in [6, 6.07) is 2.28. The molecule has 0 aliphatic carbocycles. The van der Waals surface area contributed by atoms with E-state index in [0.29, 0.717) is 31.5 Å². The van der Waals surface area contributed by atoms with Crippen LogP contribution in [0.25, 0.3) is 0 Å². The van der Waals surface area contributed by atoms with Crippen LogP contribution >= 0.6 is 0 Å². The van der Waals surface area contributed by atoms with Crippen LogP contribution in [0.2, 0.25) is 0 Å². The highest BCUT2D eigenvalue weighted by atomic mass is 16.5. The van der Waals surface area contributed by atoms with Gasteiger partial charge in [-0.05, 0) is 19.3 Å². The number of hydrogen-bond donors (Lipinski definition) is 2. The summed E-state index contributed by atoms with van der Waals surface area (Å²) in [4.78, 5) is 11.3. The Kier molecular flexibility index (Phi) is 5.83. The molecule has 0 aromatic carbocycles. The highest BCUT2D eigenvalue weighted by molar-refractivity contribution is 5.77. The summed E-state index contributed by atoms with van der Waals surface area (Å²) in [6.45, 7) is 4.41. The summed E-state index contributed by atoms with van der Waals surface area (Å²) >= 11 is 0. The molecule has 90 valence electrons. The van der Waals surface area contributed by atoms with E-state index >= 15 is 0 Å². The third-order valence-electron chi connectivity index (χ3n) is 2.82. The summed E-state index contributed by atoms with van der Waals surface area (Å²) in [6.07, 6.45) is 1.42. The van der Waals surface area contributed by atoms with Gasteiger partial charge >= 0.3 is 0 Å². The Morgan fingerprint density at radius 3 is 3.12 bits per heavy atom. The van der Waals surface area contributed by atoms with Crippen molar-refractivity contribution in [2.24, 2.45) is 5.92 Å². The van der Waals surface area contributed by atoms with Crippen molar-refractivity contribution < 1.29 is 9.53 Å². The molecule has 1 aliphatic heterocycles. The predicted molar refractivity (Wildman–Crippen MR) is 59.6 cm³/mol. The summed E-state index contributed by atoms with van der Waals surface area (Å²) in [5.41, 5.74) is 0. The molecule has 0 radical (unpaired) electrons. The van der Waals surface area contributed by atoms with E-state index in [1.165, 1.54) is 0 Å². The van der Waals surface area contributed by atoms with E-state index in [1.807, 2.05) is 6.07 Å². The molecule has 16 heavy (non-hydrogen) atoms. The molecule has 2 atom stereocenters. The van der Waals surface area contributed by atoms with Gasteiger partial charge in [0.05, 0.1) is 25.6 Å². The smallest absolute Gasteiger partial charge is 0.233 e. The molecule has 5 nitrogen and oxygen atoms in total. The molecule has 1 fully saturated rings. The van der Waals surface area contributed by atoms with Crippen LogP contribution in [-0.2, 0) is 9.53 Å². The van der Waals surface area contributed by atoms with Gasteiger partial charge in [0.25, 0.3) is 0 Å². The second kappa shape index (κ2) is 7.20. The highest BCUT2D eigenvalue weighted by Crippen LogP contribution is 2.15. The third kappa shape index (κ3) is 4.60. The molecule has 0 bridgehead atoms. The van der Waals surface area contributed by atoms with Crippen molar-refractivity contribution in [1.82, 2.24) is 10.6 Å². The van der Waals surface area contributed by atoms with Gasteiger partial charge in [-0.2, -0.15) is 5.26 Å². The number of hydrogen-bond acceptors (Lipinski definition) is 4. The monoisotopic (exact) mass is 225 g/mol. The van der Waals surface area contributed by atoms with Gasteiger partial charge in [-0.3, -0.25) is 4.79 Å². The molecule has 0 saturated carbocycles. The number of carbonyl (C=O) groups excluding carboxylic acids is 1. The molecule has 0 aromatic rings. The number of nitrogens with one attached hydrogen (secondary N) is 2. The molecule has 0 spiro atoms. The van der Waals surface area contributed by atoms with Gasteiger partial charge in [-0.15, -0.1) is 0 Å². The Bertz CT molecular complexity index is 256. The molecule has 2 N–H and O–H groups in total. The molecule has 1 aliphatic rings. The zero-order chi connectivity index (χ0) is 11.8. The fourth-order valence-electron chi connectivity index (χ4n) is 1.69. The predicted octanol–water partition coefficient (Wildman–Crippen LogP) is 0.0309. The molecular formula is C11H19N3O2. The minimum atomic E-state index is -0.0546. The van der Waals surface area contributed by atoms with Crippen molar-refractivity contribution in [3.05, 3.63) is 0 Å². The van der Waals surface area contributed by atoms with Crippen molar-refractivity contribution >= 4 is 5.91 Å². The topological polar surface area (TPSA) is 74.2 Å². The lowest BCUT2D eigenvalue weighted by Gasteiger charge is -2.18. The molecule has 1 saturated heterocycles. The van der Waals surface area contributed by atoms with E-state index in [9.17, 15) is 4.79 Å². The molecule has 0 aromatic heterocycles. The first kappa shape index (κ1) is 12.9. The summed E-state index contributed by atoms with van der Waals surface area (Å²) in [5.74, 6) is 0.452. The van der Waals surface area contributed by atoms with Crippen molar-refractivity contribution in [2.75, 3.05) is 26.3 Å². The average Bonchev–Trinajstić information content (AvgIpc) is 2.79. The Balaban J connectivity index is 2.08. The zero-order valence-corrected chi connectivity index (χ0v) is 9.66. The second-order valence-electron chi connectivity index (χ2n) is 4.05.